The van der Waals surface area contributed by atoms with Gasteiger partial charge in [0.2, 0.25) is 5.91 Å². The summed E-state index contributed by atoms with van der Waals surface area (Å²) in [6.45, 7) is 1.70. The fourth-order valence-electron chi connectivity index (χ4n) is 2.25. The monoisotopic (exact) mass is 321 g/mol. The number of aromatic amines is 1. The summed E-state index contributed by atoms with van der Waals surface area (Å²) in [4.78, 5) is 39.5. The third-order valence-corrected chi connectivity index (χ3v) is 3.41. The van der Waals surface area contributed by atoms with Gasteiger partial charge in [-0.15, -0.1) is 0 Å². The highest BCUT2D eigenvalue weighted by molar-refractivity contribution is 5.92. The number of carbonyl (C=O) groups is 1. The molecule has 2 N–H and O–H groups in total. The second kappa shape index (κ2) is 6.82. The second-order valence-electron chi connectivity index (χ2n) is 5.16. The van der Waals surface area contributed by atoms with Gasteiger partial charge in [0.15, 0.2) is 5.82 Å². The van der Waals surface area contributed by atoms with E-state index in [1.807, 2.05) is 6.07 Å². The molecule has 7 heteroatoms. The van der Waals surface area contributed by atoms with Crippen molar-refractivity contribution in [1.82, 2.24) is 19.9 Å². The van der Waals surface area contributed by atoms with Crippen molar-refractivity contribution in [3.8, 4) is 11.5 Å². The van der Waals surface area contributed by atoms with E-state index in [2.05, 4.69) is 25.3 Å². The first-order valence-corrected chi connectivity index (χ1v) is 7.34. The molecule has 0 aliphatic rings. The number of amides is 1. The van der Waals surface area contributed by atoms with Crippen molar-refractivity contribution in [2.24, 2.45) is 0 Å². The van der Waals surface area contributed by atoms with Gasteiger partial charge in [0, 0.05) is 23.7 Å². The minimum absolute atomic E-state index is 0.0639. The zero-order valence-electron chi connectivity index (χ0n) is 13.0. The SMILES string of the molecule is Cc1nc(-c2ccccn2)[nH]c(=O)c1CC(=O)Nc1cccnc1. The highest BCUT2D eigenvalue weighted by atomic mass is 16.2. The number of aromatic nitrogens is 4. The first-order chi connectivity index (χ1) is 11.6. The van der Waals surface area contributed by atoms with E-state index < -0.39 is 0 Å². The van der Waals surface area contributed by atoms with Gasteiger partial charge in [-0.25, -0.2) is 4.98 Å². The van der Waals surface area contributed by atoms with Crippen LogP contribution in [0.1, 0.15) is 11.3 Å². The molecule has 24 heavy (non-hydrogen) atoms. The Bertz CT molecular complexity index is 907. The largest absolute Gasteiger partial charge is 0.324 e. The van der Waals surface area contributed by atoms with E-state index >= 15 is 0 Å². The molecule has 0 fully saturated rings. The Hall–Kier alpha value is -3.35. The zero-order valence-corrected chi connectivity index (χ0v) is 13.0. The van der Waals surface area contributed by atoms with Crippen LogP contribution in [0.5, 0.6) is 0 Å². The van der Waals surface area contributed by atoms with Crippen LogP contribution in [0.3, 0.4) is 0 Å². The Morgan fingerprint density at radius 2 is 2.08 bits per heavy atom. The Balaban J connectivity index is 1.82. The van der Waals surface area contributed by atoms with Crippen LogP contribution in [0.2, 0.25) is 0 Å². The molecule has 0 unspecified atom stereocenters. The third kappa shape index (κ3) is 3.52. The summed E-state index contributed by atoms with van der Waals surface area (Å²) >= 11 is 0. The molecule has 3 aromatic rings. The summed E-state index contributed by atoms with van der Waals surface area (Å²) in [5, 5.41) is 2.70. The molecule has 0 saturated heterocycles. The highest BCUT2D eigenvalue weighted by Crippen LogP contribution is 2.11. The molecule has 0 bridgehead atoms. The number of nitrogens with one attached hydrogen (secondary N) is 2. The summed E-state index contributed by atoms with van der Waals surface area (Å²) in [5.74, 6) is 0.0819. The molecule has 0 spiro atoms. The van der Waals surface area contributed by atoms with Gasteiger partial charge in [-0.3, -0.25) is 19.6 Å². The first kappa shape index (κ1) is 15.5. The van der Waals surface area contributed by atoms with Crippen molar-refractivity contribution in [3.63, 3.8) is 0 Å². The molecule has 0 aromatic carbocycles. The Morgan fingerprint density at radius 3 is 2.75 bits per heavy atom. The summed E-state index contributed by atoms with van der Waals surface area (Å²) in [6, 6.07) is 8.80. The minimum Gasteiger partial charge on any atom is -0.324 e. The van der Waals surface area contributed by atoms with E-state index in [-0.39, 0.29) is 17.9 Å². The van der Waals surface area contributed by atoms with E-state index in [1.54, 1.807) is 43.6 Å². The van der Waals surface area contributed by atoms with Crippen LogP contribution in [0.15, 0.2) is 53.7 Å². The summed E-state index contributed by atoms with van der Waals surface area (Å²) < 4.78 is 0. The molecule has 0 saturated carbocycles. The lowest BCUT2D eigenvalue weighted by Crippen LogP contribution is -2.24. The molecule has 0 radical (unpaired) electrons. The van der Waals surface area contributed by atoms with Crippen LogP contribution in [0.25, 0.3) is 11.5 Å². The van der Waals surface area contributed by atoms with E-state index in [0.29, 0.717) is 28.5 Å². The van der Waals surface area contributed by atoms with Gasteiger partial charge >= 0.3 is 0 Å². The molecular formula is C17H15N5O2. The van der Waals surface area contributed by atoms with E-state index in [9.17, 15) is 9.59 Å². The van der Waals surface area contributed by atoms with Crippen LogP contribution in [0, 0.1) is 6.92 Å². The first-order valence-electron chi connectivity index (χ1n) is 7.34. The van der Waals surface area contributed by atoms with Gasteiger partial charge in [-0.05, 0) is 31.2 Å². The average Bonchev–Trinajstić information content (AvgIpc) is 2.59. The quantitative estimate of drug-likeness (QED) is 0.762. The number of nitrogens with zero attached hydrogens (tertiary/aromatic N) is 3. The van der Waals surface area contributed by atoms with Gasteiger partial charge in [0.05, 0.1) is 18.3 Å². The number of carbonyl (C=O) groups excluding carboxylic acids is 1. The van der Waals surface area contributed by atoms with Gasteiger partial charge in [-0.1, -0.05) is 6.07 Å². The number of hydrogen-bond acceptors (Lipinski definition) is 5. The number of aryl methyl sites for hydroxylation is 1. The Kier molecular flexibility index (Phi) is 4.42. The topological polar surface area (TPSA) is 101 Å². The zero-order chi connectivity index (χ0) is 16.9. The lowest BCUT2D eigenvalue weighted by molar-refractivity contribution is -0.115. The molecule has 120 valence electrons. The minimum atomic E-state index is -0.343. The lowest BCUT2D eigenvalue weighted by Gasteiger charge is -2.08. The standard InChI is InChI=1S/C17H15N5O2/c1-11-13(9-15(23)21-12-5-4-7-18-10-12)17(24)22-16(20-11)14-6-2-3-8-19-14/h2-8,10H,9H2,1H3,(H,21,23)(H,20,22,24). The normalized spacial score (nSPS) is 10.4. The average molecular weight is 321 g/mol. The van der Waals surface area contributed by atoms with Crippen LogP contribution in [0.4, 0.5) is 5.69 Å². The third-order valence-electron chi connectivity index (χ3n) is 3.41. The maximum Gasteiger partial charge on any atom is 0.255 e. The molecule has 3 aromatic heterocycles. The second-order valence-corrected chi connectivity index (χ2v) is 5.16. The van der Waals surface area contributed by atoms with Crippen LogP contribution in [-0.2, 0) is 11.2 Å². The number of hydrogen-bond donors (Lipinski definition) is 2. The van der Waals surface area contributed by atoms with Crippen molar-refractivity contribution in [3.05, 3.63) is 70.5 Å². The van der Waals surface area contributed by atoms with Crippen LogP contribution in [-0.4, -0.2) is 25.8 Å². The van der Waals surface area contributed by atoms with Crippen molar-refractivity contribution < 1.29 is 4.79 Å². The molecule has 3 heterocycles. The fraction of sp³-hybridized carbons (Fsp3) is 0.118. The number of H-pyrrole nitrogens is 1. The van der Waals surface area contributed by atoms with Crippen molar-refractivity contribution in [2.75, 3.05) is 5.32 Å². The highest BCUT2D eigenvalue weighted by Gasteiger charge is 2.14. The van der Waals surface area contributed by atoms with Crippen LogP contribution < -0.4 is 10.9 Å². The van der Waals surface area contributed by atoms with Crippen molar-refractivity contribution in [1.29, 1.82) is 0 Å². The predicted octanol–water partition coefficient (Wildman–Crippen LogP) is 1.72. The number of anilines is 1. The molecular weight excluding hydrogens is 306 g/mol. The molecule has 0 aliphatic heterocycles. The van der Waals surface area contributed by atoms with Gasteiger partial charge in [0.1, 0.15) is 5.69 Å². The smallest absolute Gasteiger partial charge is 0.255 e. The van der Waals surface area contributed by atoms with Crippen LogP contribution >= 0.6 is 0 Å². The molecule has 7 nitrogen and oxygen atoms in total. The summed E-state index contributed by atoms with van der Waals surface area (Å²) in [5.41, 5.74) is 1.64. The lowest BCUT2D eigenvalue weighted by atomic mass is 10.1. The summed E-state index contributed by atoms with van der Waals surface area (Å²) in [7, 11) is 0. The molecule has 0 atom stereocenters. The molecule has 3 rings (SSSR count). The molecule has 0 aliphatic carbocycles. The molecule has 1 amide bonds. The van der Waals surface area contributed by atoms with E-state index in [1.165, 1.54) is 6.20 Å². The fourth-order valence-corrected chi connectivity index (χ4v) is 2.25. The predicted molar refractivity (Wildman–Crippen MR) is 89.4 cm³/mol. The Labute approximate surface area is 137 Å². The maximum absolute atomic E-state index is 12.3. The van der Waals surface area contributed by atoms with Crippen molar-refractivity contribution >= 4 is 11.6 Å². The summed E-state index contributed by atoms with van der Waals surface area (Å²) in [6.07, 6.45) is 4.72. The van der Waals surface area contributed by atoms with Gasteiger partial charge < -0.3 is 10.3 Å². The van der Waals surface area contributed by atoms with Crippen molar-refractivity contribution in [2.45, 2.75) is 13.3 Å². The number of rotatable bonds is 4. The van der Waals surface area contributed by atoms with E-state index in [0.717, 1.165) is 0 Å². The Morgan fingerprint density at radius 1 is 1.21 bits per heavy atom. The maximum atomic E-state index is 12.3. The number of pyridine rings is 2. The van der Waals surface area contributed by atoms with E-state index in [4.69, 9.17) is 0 Å². The van der Waals surface area contributed by atoms with Gasteiger partial charge in [0.25, 0.3) is 5.56 Å². The van der Waals surface area contributed by atoms with Gasteiger partial charge in [-0.2, -0.15) is 0 Å².